The monoisotopic (exact) mass is 2170 g/mol. The Bertz CT molecular complexity index is 2680. The summed E-state index contributed by atoms with van der Waals surface area (Å²) in [6, 6.07) is -0.565. The molecule has 6 N–H and O–H groups in total. The van der Waals surface area contributed by atoms with Gasteiger partial charge in [0, 0.05) is 241 Å². The molecule has 0 bridgehead atoms. The van der Waals surface area contributed by atoms with Crippen LogP contribution in [-0.4, -0.2) is 255 Å². The van der Waals surface area contributed by atoms with Crippen molar-refractivity contribution in [1.29, 1.82) is 0 Å². The van der Waals surface area contributed by atoms with Crippen molar-refractivity contribution >= 4 is 45.1 Å². The van der Waals surface area contributed by atoms with Crippen LogP contribution in [0.25, 0.3) is 0 Å². The van der Waals surface area contributed by atoms with Crippen LogP contribution in [0.4, 0.5) is 19.2 Å². The number of hydrogen-bond acceptors (Lipinski definition) is 23. The molecule has 27 nitrogen and oxygen atoms in total. The molecule has 5 rings (SSSR count). The summed E-state index contributed by atoms with van der Waals surface area (Å²) >= 11 is 0. The van der Waals surface area contributed by atoms with Crippen LogP contribution in [0.15, 0.2) is 4.99 Å². The molecule has 4 saturated heterocycles. The maximum absolute atomic E-state index is 12.4. The maximum Gasteiger partial charge on any atom is 0.413 e. The molecule has 5 aliphatic rings. The van der Waals surface area contributed by atoms with E-state index in [-0.39, 0.29) is 275 Å². The number of amidine groups is 1. The van der Waals surface area contributed by atoms with E-state index in [4.69, 9.17) is 89.4 Å². The van der Waals surface area contributed by atoms with Crippen molar-refractivity contribution in [1.82, 2.24) is 19.6 Å². The number of hydrogen-bond donors (Lipinski definition) is 4. The Hall–Kier alpha value is 0.948. The molecule has 4 fully saturated rings. The van der Waals surface area contributed by atoms with Gasteiger partial charge in [-0.3, -0.25) is 19.6 Å². The van der Waals surface area contributed by atoms with Crippen molar-refractivity contribution in [3.05, 3.63) is 0 Å². The Balaban J connectivity index is -0.0000000689. The minimum atomic E-state index is -0.764. The first-order valence-electron chi connectivity index (χ1n) is 40.3. The summed E-state index contributed by atoms with van der Waals surface area (Å²) in [6.45, 7) is 73.9. The number of carbonyl (C=O) groups excluding carboxylic acids is 5. The molecule has 695 valence electrons. The molecule has 0 aromatic rings. The fraction of sp³-hybridized carbons (Fsp3) is 0.860. The normalized spacial score (nSPS) is 19.0. The first kappa shape index (κ1) is 158. The van der Waals surface area contributed by atoms with Crippen molar-refractivity contribution in [2.45, 2.75) is 421 Å². The molecular weight excluding hydrogens is 2000 g/mol. The Labute approximate surface area is 888 Å². The van der Waals surface area contributed by atoms with Crippen molar-refractivity contribution in [3.8, 4) is 36.0 Å². The van der Waals surface area contributed by atoms with Gasteiger partial charge >= 0.3 is 24.4 Å². The molecule has 9 radical (unpaired) electrons. The van der Waals surface area contributed by atoms with E-state index in [0.29, 0.717) is 45.2 Å². The molecule has 11 atom stereocenters. The van der Waals surface area contributed by atoms with Gasteiger partial charge in [0.2, 0.25) is 0 Å². The van der Waals surface area contributed by atoms with Crippen LogP contribution in [0.1, 0.15) is 310 Å². The van der Waals surface area contributed by atoms with Gasteiger partial charge in [-0.1, -0.05) is 120 Å². The molecule has 0 saturated carbocycles. The summed E-state index contributed by atoms with van der Waals surface area (Å²) in [4.78, 5) is 68.1. The van der Waals surface area contributed by atoms with Gasteiger partial charge in [-0.05, 0) is 219 Å². The Morgan fingerprint density at radius 1 is 0.508 bits per heavy atom. The number of ether oxygens (including phenoxy) is 13. The number of aliphatic hydroxyl groups is 2. The van der Waals surface area contributed by atoms with Gasteiger partial charge in [-0.25, -0.2) is 24.2 Å². The fourth-order valence-corrected chi connectivity index (χ4v) is 9.31. The summed E-state index contributed by atoms with van der Waals surface area (Å²) in [6.07, 6.45) is 9.77. The summed E-state index contributed by atoms with van der Waals surface area (Å²) in [5, 5.41) is 17.8. The van der Waals surface area contributed by atoms with E-state index < -0.39 is 75.7 Å². The van der Waals surface area contributed by atoms with Gasteiger partial charge in [0.1, 0.15) is 88.5 Å². The van der Waals surface area contributed by atoms with Crippen LogP contribution in [-0.2, 0) is 263 Å². The van der Waals surface area contributed by atoms with Crippen LogP contribution in [0.5, 0.6) is 0 Å². The van der Waals surface area contributed by atoms with Crippen molar-refractivity contribution < 1.29 is 293 Å². The molecular formula is C86H175BN7O20Y6. The fourth-order valence-electron chi connectivity index (χ4n) is 9.31. The van der Waals surface area contributed by atoms with E-state index in [1.54, 1.807) is 72.9 Å². The van der Waals surface area contributed by atoms with Gasteiger partial charge in [0.15, 0.2) is 0 Å². The molecule has 0 spiro atoms. The Kier molecular flexibility index (Phi) is 112. The maximum atomic E-state index is 12.4. The standard InChI is InChI=1S/C15H29NO4.C15H25NO4.C14H23NO4.C12H19NO3.C8H16N2O2.C7H17NO2.C2H4O.6C2H6.CH4.B.6Y.H2/c2*1-11(18-7)8-9-12-10-19-15(5,6)16(12)13(17)20-14(2,3)4;1-10(16)7-8-11-9-18-14(5,6)15(11)12(17)19-13(2,3)4;1-7-9-8-15-12(5,6)13(9)10(14)16-11(2,3)4;1-6(11-2)3-4-7-5-12-8(9)10-7;1-6(10-2)3-4-7(8)5-9;1-2-3;6*1-2;;;;;;;;;/h11-12H,8-10H2,1-7H3;11-12H,10H2,1-7H3;10-11,16H,9H2,1-6H3;1,9H,8H2,2-6H3;6-7H,3-5H2,1-2H3,(H2,9,10);6-7,9H,3-5,8H2,1-2H3;2H,1H3;6*1-2H3;1H4;;;;;;;;1H/t2*11?,12-;10?,11-;9-;2*6?,7-;;;;;;;;;;;;;;;;/m000000................/s1/i;;;;;;;;;;;;;;;;;;;;;1+1. The van der Waals surface area contributed by atoms with Crippen LogP contribution < -0.4 is 11.5 Å². The van der Waals surface area contributed by atoms with Gasteiger partial charge < -0.3 is 88.1 Å². The van der Waals surface area contributed by atoms with E-state index in [0.717, 1.165) is 44.8 Å². The van der Waals surface area contributed by atoms with E-state index >= 15 is 0 Å². The molecule has 0 aromatic heterocycles. The first-order chi connectivity index (χ1) is 51.7. The number of methoxy groups -OCH3 is 4. The molecule has 4 amide bonds. The summed E-state index contributed by atoms with van der Waals surface area (Å²) in [7, 11) is 6.69. The second kappa shape index (κ2) is 85.4. The quantitative estimate of drug-likeness (QED) is 0.0543. The SMILES string of the molecule is C.C#C[C@H]1COC(C)(C)N1C(=O)OC(C)(C)C.CC.CC.CC.CC.CC.CC.CC(O)C#C[C@H]1COC(C)(C)N1C(=O)OC(C)(C)C.CC=O.COC(C)C#C[C@H]1COC(C)(C)N1C(=O)OC(C)(C)C.COC(C)CC[C@H](N)CO.COC(C)CC[C@H]1COC(C)(C)N1C(=O)OC(C)(C)C.COC(C)CC[C@H]1COC(N)=N1.[2HH].[B].[Y].[Y].[Y].[Y].[Y].[Y]. The van der Waals surface area contributed by atoms with Crippen LogP contribution in [0.2, 0.25) is 0 Å². The number of aldehydes is 1. The Morgan fingerprint density at radius 3 is 1.06 bits per heavy atom. The first-order valence-corrected chi connectivity index (χ1v) is 40.3. The zero-order chi connectivity index (χ0) is 90.2. The average Bonchev–Trinajstić information content (AvgIpc) is 1.68. The third-order valence-electron chi connectivity index (χ3n) is 14.8. The number of terminal acetylenes is 1. The molecule has 0 aromatic carbocycles. The summed E-state index contributed by atoms with van der Waals surface area (Å²) in [5.41, 5.74) is 5.86. The average molecular weight is 2170 g/mol. The van der Waals surface area contributed by atoms with Gasteiger partial charge in [-0.15, -0.1) is 6.42 Å². The van der Waals surface area contributed by atoms with Gasteiger partial charge in [-0.2, -0.15) is 0 Å². The smallest absolute Gasteiger partial charge is 0.413 e. The van der Waals surface area contributed by atoms with Crippen molar-refractivity contribution in [2.24, 2.45) is 16.5 Å². The second-order valence-corrected chi connectivity index (χ2v) is 30.4. The predicted octanol–water partition coefficient (Wildman–Crippen LogP) is 16.8. The molecule has 5 heterocycles. The van der Waals surface area contributed by atoms with Gasteiger partial charge in [0.25, 0.3) is 6.02 Å². The largest absolute Gasteiger partial charge is 0.463 e. The van der Waals surface area contributed by atoms with E-state index in [2.05, 4.69) is 34.6 Å². The third-order valence-corrected chi connectivity index (χ3v) is 14.8. The van der Waals surface area contributed by atoms with Crippen LogP contribution >= 0.6 is 0 Å². The van der Waals surface area contributed by atoms with Gasteiger partial charge in [0.05, 0.1) is 63.4 Å². The minimum absolute atomic E-state index is 0. The molecule has 5 unspecified atom stereocenters. The number of nitrogens with zero attached hydrogens (tertiary/aromatic N) is 5. The summed E-state index contributed by atoms with van der Waals surface area (Å²) < 4.78 is 69.5. The minimum Gasteiger partial charge on any atom is -0.463 e. The summed E-state index contributed by atoms with van der Waals surface area (Å²) in [5.74, 6) is 14.0. The number of amides is 4. The van der Waals surface area contributed by atoms with E-state index in [1.165, 1.54) is 16.7 Å². The van der Waals surface area contributed by atoms with Crippen molar-refractivity contribution in [2.75, 3.05) is 68.1 Å². The van der Waals surface area contributed by atoms with Crippen LogP contribution in [0.3, 0.4) is 0 Å². The molecule has 34 heteroatoms. The predicted molar refractivity (Wildman–Crippen MR) is 468 cm³/mol. The second-order valence-electron chi connectivity index (χ2n) is 30.4. The number of nitrogens with two attached hydrogens (primary N) is 2. The Morgan fingerprint density at radius 2 is 0.783 bits per heavy atom. The molecule has 0 aliphatic carbocycles. The van der Waals surface area contributed by atoms with Crippen molar-refractivity contribution in [3.63, 3.8) is 0 Å². The number of aliphatic imine (C=N–C) groups is 1. The number of rotatable bonds is 14. The van der Waals surface area contributed by atoms with E-state index in [9.17, 15) is 24.3 Å². The third kappa shape index (κ3) is 76.6. The molecule has 120 heavy (non-hydrogen) atoms. The zero-order valence-electron chi connectivity index (χ0n) is 82.7. The van der Waals surface area contributed by atoms with Crippen LogP contribution in [0, 0.1) is 36.0 Å². The molecule has 5 aliphatic heterocycles. The number of aliphatic hydroxyl groups excluding tert-OH is 2. The topological polar surface area (TPSA) is 323 Å². The zero-order valence-corrected chi connectivity index (χ0v) is 99.7. The van der Waals surface area contributed by atoms with E-state index in [1.807, 2.05) is 222 Å². The number of carbonyl (C=O) groups is 5.